The number of nitrogens with zero attached hydrogens (tertiary/aromatic N) is 2. The SMILES string of the molecule is C=Cc1cc(C(=O)NCc2cccc(CC(=O)N(C)CCOCCOCCOCCOCCOc3ccc(C(C)=O)c(C(=O)C(C)C)c3)c2)ncc1OC. The highest BCUT2D eigenvalue weighted by Crippen LogP contribution is 2.22. The maximum atomic E-state index is 12.8. The Labute approximate surface area is 317 Å². The Kier molecular flexibility index (Phi) is 19.0. The van der Waals surface area contributed by atoms with Gasteiger partial charge in [0, 0.05) is 42.7 Å². The van der Waals surface area contributed by atoms with Crippen LogP contribution in [0.3, 0.4) is 0 Å². The molecule has 0 saturated heterocycles. The van der Waals surface area contributed by atoms with E-state index in [0.29, 0.717) is 94.2 Å². The van der Waals surface area contributed by atoms with Gasteiger partial charge < -0.3 is 38.6 Å². The molecule has 2 aromatic carbocycles. The van der Waals surface area contributed by atoms with Crippen LogP contribution in [-0.2, 0) is 36.7 Å². The van der Waals surface area contributed by atoms with Gasteiger partial charge in [-0.2, -0.15) is 0 Å². The molecular formula is C41H53N3O10. The number of Topliss-reactive ketones (excluding diaryl/α,β-unsaturated/α-hetero) is 2. The van der Waals surface area contributed by atoms with Crippen LogP contribution in [0, 0.1) is 5.92 Å². The van der Waals surface area contributed by atoms with Crippen LogP contribution in [-0.4, -0.2) is 113 Å². The second kappa shape index (κ2) is 23.7. The number of likely N-dealkylation sites (N-methyl/N-ethyl adjacent to an activating group) is 1. The largest absolute Gasteiger partial charge is 0.495 e. The van der Waals surface area contributed by atoms with E-state index in [-0.39, 0.29) is 48.0 Å². The number of methoxy groups -OCH3 is 1. The van der Waals surface area contributed by atoms with Gasteiger partial charge in [0.15, 0.2) is 11.6 Å². The third kappa shape index (κ3) is 14.8. The summed E-state index contributed by atoms with van der Waals surface area (Å²) in [4.78, 5) is 55.6. The monoisotopic (exact) mass is 747 g/mol. The Morgan fingerprint density at radius 1 is 0.833 bits per heavy atom. The molecule has 1 heterocycles. The number of carbonyl (C=O) groups excluding carboxylic acids is 4. The van der Waals surface area contributed by atoms with Gasteiger partial charge in [0.25, 0.3) is 5.91 Å². The van der Waals surface area contributed by atoms with Gasteiger partial charge in [0.1, 0.15) is 23.8 Å². The van der Waals surface area contributed by atoms with E-state index < -0.39 is 0 Å². The van der Waals surface area contributed by atoms with Crippen LogP contribution in [0.1, 0.15) is 68.7 Å². The molecule has 3 aromatic rings. The van der Waals surface area contributed by atoms with Crippen molar-refractivity contribution in [3.63, 3.8) is 0 Å². The maximum Gasteiger partial charge on any atom is 0.270 e. The molecule has 1 aromatic heterocycles. The number of benzene rings is 2. The second-order valence-electron chi connectivity index (χ2n) is 12.6. The zero-order valence-corrected chi connectivity index (χ0v) is 32.0. The number of hydrogen-bond donors (Lipinski definition) is 1. The normalized spacial score (nSPS) is 10.9. The number of nitrogens with one attached hydrogen (secondary N) is 1. The summed E-state index contributed by atoms with van der Waals surface area (Å²) in [6, 6.07) is 14.1. The summed E-state index contributed by atoms with van der Waals surface area (Å²) in [5.74, 6) is 0.195. The molecule has 3 rings (SSSR count). The van der Waals surface area contributed by atoms with E-state index in [2.05, 4.69) is 16.9 Å². The topological polar surface area (TPSA) is 152 Å². The average molecular weight is 748 g/mol. The van der Waals surface area contributed by atoms with Crippen molar-refractivity contribution in [1.29, 1.82) is 0 Å². The van der Waals surface area contributed by atoms with Crippen molar-refractivity contribution in [2.45, 2.75) is 33.7 Å². The minimum Gasteiger partial charge on any atom is -0.495 e. The van der Waals surface area contributed by atoms with E-state index in [1.165, 1.54) is 20.2 Å². The summed E-state index contributed by atoms with van der Waals surface area (Å²) < 4.78 is 33.1. The summed E-state index contributed by atoms with van der Waals surface area (Å²) in [7, 11) is 3.27. The Hall–Kier alpha value is -4.95. The molecule has 0 atom stereocenters. The van der Waals surface area contributed by atoms with Crippen molar-refractivity contribution >= 4 is 29.5 Å². The summed E-state index contributed by atoms with van der Waals surface area (Å²) >= 11 is 0. The number of ether oxygens (including phenoxy) is 6. The van der Waals surface area contributed by atoms with Crippen LogP contribution in [0.25, 0.3) is 6.08 Å². The molecule has 292 valence electrons. The highest BCUT2D eigenvalue weighted by molar-refractivity contribution is 6.09. The van der Waals surface area contributed by atoms with Gasteiger partial charge >= 0.3 is 0 Å². The maximum absolute atomic E-state index is 12.8. The van der Waals surface area contributed by atoms with Crippen LogP contribution in [0.5, 0.6) is 11.5 Å². The van der Waals surface area contributed by atoms with Crippen molar-refractivity contribution in [3.8, 4) is 11.5 Å². The highest BCUT2D eigenvalue weighted by Gasteiger charge is 2.18. The van der Waals surface area contributed by atoms with Gasteiger partial charge in [-0.1, -0.05) is 50.8 Å². The smallest absolute Gasteiger partial charge is 0.270 e. The van der Waals surface area contributed by atoms with Gasteiger partial charge in [0.05, 0.1) is 72.6 Å². The standard InChI is InChI=1S/C41H53N3O10/c1-7-33-25-37(42-28-38(33)49-6)41(48)43-27-32-10-8-9-31(23-32)24-39(46)44(5)13-14-50-15-16-51-17-18-52-19-20-53-21-22-54-34-11-12-35(30(4)45)36(26-34)40(47)29(2)3/h7-12,23,25-26,28-29H,1,13-22,24,27H2,2-6H3,(H,43,48). The molecule has 1 N–H and O–H groups in total. The lowest BCUT2D eigenvalue weighted by molar-refractivity contribution is -0.129. The van der Waals surface area contributed by atoms with E-state index >= 15 is 0 Å². The molecular weight excluding hydrogens is 694 g/mol. The number of carbonyl (C=O) groups is 4. The first-order valence-corrected chi connectivity index (χ1v) is 17.9. The van der Waals surface area contributed by atoms with E-state index in [9.17, 15) is 19.2 Å². The predicted molar refractivity (Wildman–Crippen MR) is 204 cm³/mol. The lowest BCUT2D eigenvalue weighted by Gasteiger charge is -2.17. The van der Waals surface area contributed by atoms with E-state index in [1.807, 2.05) is 24.3 Å². The Balaban J connectivity index is 1.19. The van der Waals surface area contributed by atoms with Crippen molar-refractivity contribution in [3.05, 3.63) is 94.8 Å². The van der Waals surface area contributed by atoms with Gasteiger partial charge in [-0.25, -0.2) is 4.98 Å². The fourth-order valence-corrected chi connectivity index (χ4v) is 5.09. The van der Waals surface area contributed by atoms with E-state index in [0.717, 1.165) is 11.1 Å². The highest BCUT2D eigenvalue weighted by atomic mass is 16.6. The number of amides is 2. The molecule has 54 heavy (non-hydrogen) atoms. The first-order chi connectivity index (χ1) is 26.0. The van der Waals surface area contributed by atoms with Crippen LogP contribution >= 0.6 is 0 Å². The predicted octanol–water partition coefficient (Wildman–Crippen LogP) is 4.85. The van der Waals surface area contributed by atoms with E-state index in [1.54, 1.807) is 56.1 Å². The lowest BCUT2D eigenvalue weighted by atomic mass is 9.94. The quantitative estimate of drug-likeness (QED) is 0.0887. The van der Waals surface area contributed by atoms with Crippen molar-refractivity contribution in [1.82, 2.24) is 15.2 Å². The summed E-state index contributed by atoms with van der Waals surface area (Å²) in [6.07, 6.45) is 3.32. The molecule has 0 bridgehead atoms. The van der Waals surface area contributed by atoms with Gasteiger partial charge in [-0.15, -0.1) is 0 Å². The molecule has 0 aliphatic carbocycles. The second-order valence-corrected chi connectivity index (χ2v) is 12.6. The molecule has 13 heteroatoms. The lowest BCUT2D eigenvalue weighted by Crippen LogP contribution is -2.31. The molecule has 0 saturated carbocycles. The number of pyridine rings is 1. The number of aromatic nitrogens is 1. The summed E-state index contributed by atoms with van der Waals surface area (Å²) in [5.41, 5.74) is 3.42. The van der Waals surface area contributed by atoms with Crippen molar-refractivity contribution in [2.24, 2.45) is 5.92 Å². The van der Waals surface area contributed by atoms with Gasteiger partial charge in [-0.05, 0) is 42.3 Å². The Bertz CT molecular complexity index is 1690. The minimum atomic E-state index is -0.324. The molecule has 0 aliphatic rings. The first kappa shape index (κ1) is 43.5. The number of hydrogen-bond acceptors (Lipinski definition) is 11. The molecule has 13 nitrogen and oxygen atoms in total. The molecule has 0 aliphatic heterocycles. The molecule has 2 amide bonds. The fraction of sp³-hybridized carbons (Fsp3) is 0.439. The van der Waals surface area contributed by atoms with E-state index in [4.69, 9.17) is 28.4 Å². The fourth-order valence-electron chi connectivity index (χ4n) is 5.09. The number of ketones is 2. The molecule has 0 unspecified atom stereocenters. The molecule has 0 fully saturated rings. The Morgan fingerprint density at radius 2 is 1.46 bits per heavy atom. The third-order valence-electron chi connectivity index (χ3n) is 8.14. The van der Waals surface area contributed by atoms with Crippen molar-refractivity contribution in [2.75, 3.05) is 80.2 Å². The average Bonchev–Trinajstić information content (AvgIpc) is 3.17. The van der Waals surface area contributed by atoms with Gasteiger partial charge in [-0.3, -0.25) is 19.2 Å². The third-order valence-corrected chi connectivity index (χ3v) is 8.14. The summed E-state index contributed by atoms with van der Waals surface area (Å²) in [5, 5.41) is 2.86. The first-order valence-electron chi connectivity index (χ1n) is 17.9. The van der Waals surface area contributed by atoms with Crippen LogP contribution in [0.2, 0.25) is 0 Å². The molecule has 0 spiro atoms. The zero-order valence-electron chi connectivity index (χ0n) is 32.0. The molecule has 0 radical (unpaired) electrons. The zero-order chi connectivity index (χ0) is 39.3. The van der Waals surface area contributed by atoms with Crippen LogP contribution in [0.4, 0.5) is 0 Å². The van der Waals surface area contributed by atoms with Crippen LogP contribution in [0.15, 0.2) is 61.3 Å². The summed E-state index contributed by atoms with van der Waals surface area (Å²) in [6.45, 7) is 12.9. The van der Waals surface area contributed by atoms with Crippen LogP contribution < -0.4 is 14.8 Å². The van der Waals surface area contributed by atoms with Crippen molar-refractivity contribution < 1.29 is 47.6 Å². The number of rotatable bonds is 26. The van der Waals surface area contributed by atoms with Gasteiger partial charge in [0.2, 0.25) is 5.91 Å². The Morgan fingerprint density at radius 3 is 2.07 bits per heavy atom. The minimum absolute atomic E-state index is 0.0436.